The molecule has 4 aromatic rings. The van der Waals surface area contributed by atoms with E-state index >= 15 is 4.39 Å². The van der Waals surface area contributed by atoms with Gasteiger partial charge in [-0.15, -0.1) is 11.3 Å². The maximum absolute atomic E-state index is 15.1. The van der Waals surface area contributed by atoms with Crippen molar-refractivity contribution in [1.29, 1.82) is 5.26 Å². The molecule has 2 aromatic carbocycles. The maximum Gasteiger partial charge on any atom is 0.244 e. The average molecular weight is 686 g/mol. The molecule has 49 heavy (non-hydrogen) atoms. The highest BCUT2D eigenvalue weighted by Crippen LogP contribution is 2.48. The molecule has 1 unspecified atom stereocenters. The number of nitrogens with one attached hydrogen (secondary N) is 1. The summed E-state index contributed by atoms with van der Waals surface area (Å²) in [6.07, 6.45) is 6.04. The van der Waals surface area contributed by atoms with Gasteiger partial charge in [-0.25, -0.2) is 9.37 Å². The van der Waals surface area contributed by atoms with E-state index in [9.17, 15) is 10.1 Å². The Kier molecular flexibility index (Phi) is 10.3. The monoisotopic (exact) mass is 685 g/mol. The molecule has 5 heterocycles. The summed E-state index contributed by atoms with van der Waals surface area (Å²) in [5, 5.41) is 15.3. The first kappa shape index (κ1) is 34.8. The first-order valence-corrected chi connectivity index (χ1v) is 18.5. The van der Waals surface area contributed by atoms with Crippen molar-refractivity contribution in [3.8, 4) is 17.2 Å². The molecule has 260 valence electrons. The molecule has 0 aliphatic carbocycles. The van der Waals surface area contributed by atoms with Crippen LogP contribution in [0.1, 0.15) is 89.0 Å². The number of halogens is 1. The number of ether oxygens (including phenoxy) is 1. The Morgan fingerprint density at radius 3 is 2.59 bits per heavy atom. The number of nitrogens with zero attached hydrogens (tertiary/aromatic N) is 5. The Labute approximate surface area is 292 Å². The molecule has 0 radical (unpaired) electrons. The molecule has 1 amide bonds. The van der Waals surface area contributed by atoms with Crippen molar-refractivity contribution in [1.82, 2.24) is 14.9 Å². The zero-order valence-corrected chi connectivity index (χ0v) is 30.4. The van der Waals surface area contributed by atoms with Gasteiger partial charge in [0.2, 0.25) is 11.9 Å². The number of nitrogen functional groups attached to an aromatic ring is 1. The van der Waals surface area contributed by atoms with E-state index in [4.69, 9.17) is 20.4 Å². The minimum absolute atomic E-state index is 0.0578. The number of nitriles is 1. The van der Waals surface area contributed by atoms with Crippen LogP contribution >= 0.6 is 11.3 Å². The molecule has 2 atom stereocenters. The Balaban J connectivity index is 0.000000639. The van der Waals surface area contributed by atoms with Gasteiger partial charge in [0.1, 0.15) is 28.7 Å². The summed E-state index contributed by atoms with van der Waals surface area (Å²) in [5.41, 5.74) is 11.9. The van der Waals surface area contributed by atoms with Crippen molar-refractivity contribution >= 4 is 55.0 Å². The molecule has 0 saturated carbocycles. The van der Waals surface area contributed by atoms with Gasteiger partial charge in [-0.2, -0.15) is 10.2 Å². The number of hydrogen-bond donors (Lipinski definition) is 2. The number of amides is 1. The molecule has 0 bridgehead atoms. The van der Waals surface area contributed by atoms with Crippen molar-refractivity contribution in [2.75, 3.05) is 42.6 Å². The number of rotatable bonds is 7. The molecular formula is C38H48FN7O2S. The Hall–Kier alpha value is -4.01. The standard InChI is InChI=1S/C32H34FN7O2S.C6H14/c1-4-17-24(18-7-8-22(33)28-25(18)19(12-34)29(35)43-28)20-14-42-15-21(20)26-27(17)37-32(40-11-9-16(2)13-40)38-30(26)36-23-6-5-10-39(3)31(23)41;1-4-5-6(2)3/h7-8,16,23H,4-6,9-11,13-15,35H2,1-3H3,(H,36,37,38);6H,4-5H2,1-3H3/t16?,23-;/m1./s1. The van der Waals surface area contributed by atoms with Crippen LogP contribution in [0.4, 0.5) is 21.2 Å². The molecule has 2 aromatic heterocycles. The second kappa shape index (κ2) is 14.5. The predicted octanol–water partition coefficient (Wildman–Crippen LogP) is 8.02. The van der Waals surface area contributed by atoms with E-state index in [2.05, 4.69) is 50.9 Å². The number of piperidine rings is 1. The van der Waals surface area contributed by atoms with E-state index in [-0.39, 0.29) is 11.9 Å². The van der Waals surface area contributed by atoms with Crippen molar-refractivity contribution in [2.45, 2.75) is 92.4 Å². The first-order valence-electron chi connectivity index (χ1n) is 17.7. The lowest BCUT2D eigenvalue weighted by Crippen LogP contribution is -2.45. The molecule has 2 saturated heterocycles. The number of nitrogens with two attached hydrogens (primary N) is 1. The predicted molar refractivity (Wildman–Crippen MR) is 197 cm³/mol. The summed E-state index contributed by atoms with van der Waals surface area (Å²) in [4.78, 5) is 27.5. The van der Waals surface area contributed by atoms with Crippen LogP contribution in [0.25, 0.3) is 32.1 Å². The third kappa shape index (κ3) is 6.53. The SMILES string of the molecule is CCCC(C)C.CCc1c(-c2ccc(F)c3sc(N)c(C#N)c23)c2c(c3c(N[C@@H]4CCCN(C)C4=O)nc(N4CCC(C)C4)nc13)COC2. The van der Waals surface area contributed by atoms with Gasteiger partial charge in [-0.1, -0.05) is 53.5 Å². The van der Waals surface area contributed by atoms with Gasteiger partial charge < -0.3 is 25.6 Å². The van der Waals surface area contributed by atoms with E-state index in [1.165, 1.54) is 18.9 Å². The fourth-order valence-electron chi connectivity index (χ4n) is 7.58. The highest BCUT2D eigenvalue weighted by atomic mass is 32.1. The first-order chi connectivity index (χ1) is 23.6. The van der Waals surface area contributed by atoms with E-state index < -0.39 is 5.82 Å². The number of carbonyl (C=O) groups is 1. The van der Waals surface area contributed by atoms with Crippen LogP contribution in [0, 0.1) is 29.0 Å². The third-order valence-electron chi connectivity index (χ3n) is 10.0. The largest absolute Gasteiger partial charge is 0.389 e. The average Bonchev–Trinajstić information content (AvgIpc) is 3.81. The molecule has 3 aliphatic rings. The molecule has 3 aliphatic heterocycles. The van der Waals surface area contributed by atoms with Crippen LogP contribution in [0.3, 0.4) is 0 Å². The van der Waals surface area contributed by atoms with E-state index in [1.807, 2.05) is 7.05 Å². The number of benzene rings is 2. The van der Waals surface area contributed by atoms with Crippen molar-refractivity contribution in [3.05, 3.63) is 40.2 Å². The highest BCUT2D eigenvalue weighted by molar-refractivity contribution is 7.23. The quantitative estimate of drug-likeness (QED) is 0.201. The fraction of sp³-hybridized carbons (Fsp3) is 0.526. The Morgan fingerprint density at radius 1 is 1.16 bits per heavy atom. The fourth-order valence-corrected chi connectivity index (χ4v) is 8.53. The van der Waals surface area contributed by atoms with Gasteiger partial charge in [0.15, 0.2) is 0 Å². The molecule has 11 heteroatoms. The van der Waals surface area contributed by atoms with Crippen molar-refractivity contribution in [2.24, 2.45) is 11.8 Å². The number of thiophene rings is 1. The van der Waals surface area contributed by atoms with E-state index in [0.29, 0.717) is 58.0 Å². The number of anilines is 3. The summed E-state index contributed by atoms with van der Waals surface area (Å²) in [6.45, 7) is 14.2. The molecule has 9 nitrogen and oxygen atoms in total. The normalized spacial score (nSPS) is 19.0. The Morgan fingerprint density at radius 2 is 1.94 bits per heavy atom. The van der Waals surface area contributed by atoms with E-state index in [0.717, 1.165) is 94.9 Å². The zero-order chi connectivity index (χ0) is 35.0. The third-order valence-corrected chi connectivity index (χ3v) is 11.1. The van der Waals surface area contributed by atoms with Gasteiger partial charge in [-0.3, -0.25) is 4.79 Å². The number of aromatic nitrogens is 2. The summed E-state index contributed by atoms with van der Waals surface area (Å²) in [7, 11) is 1.84. The molecular weight excluding hydrogens is 638 g/mol. The van der Waals surface area contributed by atoms with Gasteiger partial charge in [0, 0.05) is 37.5 Å². The number of carbonyl (C=O) groups excluding carboxylic acids is 1. The van der Waals surface area contributed by atoms with Crippen molar-refractivity contribution < 1.29 is 13.9 Å². The lowest BCUT2D eigenvalue weighted by molar-refractivity contribution is -0.132. The lowest BCUT2D eigenvalue weighted by Gasteiger charge is -2.31. The number of likely N-dealkylation sites (tertiary alicyclic amines) is 1. The highest BCUT2D eigenvalue weighted by Gasteiger charge is 2.33. The zero-order valence-electron chi connectivity index (χ0n) is 29.6. The minimum atomic E-state index is -0.398. The second-order valence-electron chi connectivity index (χ2n) is 14.1. The van der Waals surface area contributed by atoms with Crippen LogP contribution in [0.15, 0.2) is 12.1 Å². The number of aryl methyl sites for hydroxylation is 1. The topological polar surface area (TPSA) is 120 Å². The lowest BCUT2D eigenvalue weighted by atomic mass is 9.86. The van der Waals surface area contributed by atoms with Gasteiger partial charge in [-0.05, 0) is 71.4 Å². The van der Waals surface area contributed by atoms with Gasteiger partial charge in [0.25, 0.3) is 0 Å². The van der Waals surface area contributed by atoms with Crippen LogP contribution in [-0.2, 0) is 29.2 Å². The number of fused-ring (bicyclic) bond motifs is 4. The smallest absolute Gasteiger partial charge is 0.244 e. The number of likely N-dealkylation sites (N-methyl/N-ethyl adjacent to an activating group) is 1. The van der Waals surface area contributed by atoms with Crippen LogP contribution < -0.4 is 16.0 Å². The van der Waals surface area contributed by atoms with Gasteiger partial charge in [0.05, 0.1) is 29.0 Å². The van der Waals surface area contributed by atoms with Crippen LogP contribution in [0.5, 0.6) is 0 Å². The van der Waals surface area contributed by atoms with Crippen LogP contribution in [-0.4, -0.2) is 53.5 Å². The number of hydrogen-bond acceptors (Lipinski definition) is 9. The summed E-state index contributed by atoms with van der Waals surface area (Å²) < 4.78 is 21.5. The second-order valence-corrected chi connectivity index (χ2v) is 15.2. The summed E-state index contributed by atoms with van der Waals surface area (Å²) >= 11 is 1.10. The molecule has 3 N–H and O–H groups in total. The van der Waals surface area contributed by atoms with E-state index in [1.54, 1.807) is 11.0 Å². The molecule has 7 rings (SSSR count). The Bertz CT molecular complexity index is 1930. The minimum Gasteiger partial charge on any atom is -0.389 e. The maximum atomic E-state index is 15.1. The summed E-state index contributed by atoms with van der Waals surface area (Å²) in [5.74, 6) is 2.37. The molecule has 0 spiro atoms. The molecule has 2 fully saturated rings. The van der Waals surface area contributed by atoms with Gasteiger partial charge >= 0.3 is 0 Å². The van der Waals surface area contributed by atoms with Crippen molar-refractivity contribution in [3.63, 3.8) is 0 Å². The van der Waals surface area contributed by atoms with Crippen LogP contribution in [0.2, 0.25) is 0 Å². The summed E-state index contributed by atoms with van der Waals surface area (Å²) in [6, 6.07) is 5.05.